The van der Waals surface area contributed by atoms with E-state index in [1.54, 1.807) is 6.20 Å². The molecule has 0 aliphatic rings. The zero-order valence-electron chi connectivity index (χ0n) is 11.5. The normalized spacial score (nSPS) is 10.8. The number of pyridine rings is 1. The largest absolute Gasteiger partial charge is 0.381 e. The van der Waals surface area contributed by atoms with Gasteiger partial charge in [0.1, 0.15) is 0 Å². The Kier molecular flexibility index (Phi) is 4.00. The van der Waals surface area contributed by atoms with Crippen LogP contribution in [0.25, 0.3) is 10.9 Å². The minimum atomic E-state index is 0.672. The fraction of sp³-hybridized carbons (Fsp3) is 0.118. The number of halogens is 2. The molecule has 0 spiro atoms. The number of anilines is 1. The minimum absolute atomic E-state index is 0.672. The second kappa shape index (κ2) is 5.92. The van der Waals surface area contributed by atoms with Gasteiger partial charge in [-0.2, -0.15) is 0 Å². The first-order chi connectivity index (χ1) is 10.1. The smallest absolute Gasteiger partial charge is 0.0766 e. The van der Waals surface area contributed by atoms with Crippen molar-refractivity contribution in [2.75, 3.05) is 5.32 Å². The summed E-state index contributed by atoms with van der Waals surface area (Å²) in [5.74, 6) is 0. The summed E-state index contributed by atoms with van der Waals surface area (Å²) in [5, 5.41) is 5.83. The molecule has 0 atom stereocenters. The number of aromatic nitrogens is 1. The van der Waals surface area contributed by atoms with Crippen molar-refractivity contribution >= 4 is 39.8 Å². The lowest BCUT2D eigenvalue weighted by atomic mass is 10.1. The Morgan fingerprint density at radius 1 is 1.10 bits per heavy atom. The first-order valence-corrected chi connectivity index (χ1v) is 7.43. The molecule has 0 bridgehead atoms. The van der Waals surface area contributed by atoms with Crippen molar-refractivity contribution < 1.29 is 0 Å². The van der Waals surface area contributed by atoms with Gasteiger partial charge in [-0.15, -0.1) is 0 Å². The Morgan fingerprint density at radius 2 is 1.95 bits per heavy atom. The molecule has 2 nitrogen and oxygen atoms in total. The van der Waals surface area contributed by atoms with Gasteiger partial charge >= 0.3 is 0 Å². The zero-order valence-corrected chi connectivity index (χ0v) is 13.0. The van der Waals surface area contributed by atoms with Crippen LogP contribution < -0.4 is 5.32 Å². The summed E-state index contributed by atoms with van der Waals surface area (Å²) in [6.07, 6.45) is 1.78. The van der Waals surface area contributed by atoms with Gasteiger partial charge < -0.3 is 5.32 Å². The molecule has 3 rings (SSSR count). The summed E-state index contributed by atoms with van der Waals surface area (Å²) >= 11 is 12.3. The van der Waals surface area contributed by atoms with Gasteiger partial charge in [0, 0.05) is 33.9 Å². The first-order valence-electron chi connectivity index (χ1n) is 6.67. The molecule has 0 fully saturated rings. The Labute approximate surface area is 133 Å². The van der Waals surface area contributed by atoms with Crippen LogP contribution in [0.3, 0.4) is 0 Å². The zero-order chi connectivity index (χ0) is 14.8. The second-order valence-corrected chi connectivity index (χ2v) is 5.76. The highest BCUT2D eigenvalue weighted by Crippen LogP contribution is 2.26. The first kappa shape index (κ1) is 14.2. The molecule has 0 unspecified atom stereocenters. The van der Waals surface area contributed by atoms with E-state index in [1.807, 2.05) is 42.5 Å². The molecule has 106 valence electrons. The molecule has 0 radical (unpaired) electrons. The average molecular weight is 317 g/mol. The van der Waals surface area contributed by atoms with E-state index in [9.17, 15) is 0 Å². The van der Waals surface area contributed by atoms with Crippen LogP contribution in [0.5, 0.6) is 0 Å². The van der Waals surface area contributed by atoms with Crippen LogP contribution >= 0.6 is 23.2 Å². The van der Waals surface area contributed by atoms with Gasteiger partial charge in [0.2, 0.25) is 0 Å². The quantitative estimate of drug-likeness (QED) is 0.693. The van der Waals surface area contributed by atoms with Crippen LogP contribution in [0, 0.1) is 6.92 Å². The fourth-order valence-electron chi connectivity index (χ4n) is 2.31. The number of fused-ring (bicyclic) bond motifs is 1. The number of nitrogens with one attached hydrogen (secondary N) is 1. The fourth-order valence-corrected chi connectivity index (χ4v) is 2.70. The van der Waals surface area contributed by atoms with Crippen molar-refractivity contribution in [3.8, 4) is 0 Å². The lowest BCUT2D eigenvalue weighted by Gasteiger charge is -2.12. The third kappa shape index (κ3) is 2.97. The summed E-state index contributed by atoms with van der Waals surface area (Å²) in [6, 6.07) is 13.6. The molecular weight excluding hydrogens is 303 g/mol. The van der Waals surface area contributed by atoms with Gasteiger partial charge in [0.15, 0.2) is 0 Å². The van der Waals surface area contributed by atoms with Crippen LogP contribution in [-0.4, -0.2) is 4.98 Å². The number of benzene rings is 2. The van der Waals surface area contributed by atoms with Crippen molar-refractivity contribution in [1.82, 2.24) is 4.98 Å². The van der Waals surface area contributed by atoms with E-state index >= 15 is 0 Å². The molecular formula is C17H14Cl2N2. The average Bonchev–Trinajstić information content (AvgIpc) is 2.50. The second-order valence-electron chi connectivity index (χ2n) is 4.92. The van der Waals surface area contributed by atoms with Gasteiger partial charge in [-0.05, 0) is 48.4 Å². The molecule has 1 heterocycles. The van der Waals surface area contributed by atoms with Crippen molar-refractivity contribution in [3.05, 3.63) is 69.8 Å². The summed E-state index contributed by atoms with van der Waals surface area (Å²) < 4.78 is 0. The monoisotopic (exact) mass is 316 g/mol. The number of rotatable bonds is 3. The summed E-state index contributed by atoms with van der Waals surface area (Å²) in [5.41, 5.74) is 4.22. The van der Waals surface area contributed by atoms with Gasteiger partial charge in [0.25, 0.3) is 0 Å². The lowest BCUT2D eigenvalue weighted by molar-refractivity contribution is 1.14. The summed E-state index contributed by atoms with van der Waals surface area (Å²) in [7, 11) is 0. The maximum Gasteiger partial charge on any atom is 0.0766 e. The van der Waals surface area contributed by atoms with Crippen molar-refractivity contribution in [2.45, 2.75) is 13.5 Å². The molecule has 1 aromatic heterocycles. The van der Waals surface area contributed by atoms with Gasteiger partial charge in [-0.1, -0.05) is 35.3 Å². The van der Waals surface area contributed by atoms with E-state index in [-0.39, 0.29) is 0 Å². The molecule has 0 saturated carbocycles. The predicted octanol–water partition coefficient (Wildman–Crippen LogP) is 5.46. The maximum atomic E-state index is 6.21. The van der Waals surface area contributed by atoms with Crippen LogP contribution in [-0.2, 0) is 6.54 Å². The highest BCUT2D eigenvalue weighted by Gasteiger charge is 2.06. The van der Waals surface area contributed by atoms with Crippen molar-refractivity contribution in [2.24, 2.45) is 0 Å². The number of hydrogen-bond acceptors (Lipinski definition) is 2. The lowest BCUT2D eigenvalue weighted by Crippen LogP contribution is -2.02. The SMILES string of the molecule is Cc1ccc(Cl)cc1NCc1ccc(Cl)c2cccnc12. The summed E-state index contributed by atoms with van der Waals surface area (Å²) in [4.78, 5) is 4.44. The highest BCUT2D eigenvalue weighted by molar-refractivity contribution is 6.35. The van der Waals surface area contributed by atoms with E-state index < -0.39 is 0 Å². The Morgan fingerprint density at radius 3 is 2.81 bits per heavy atom. The number of aryl methyl sites for hydroxylation is 1. The third-order valence-corrected chi connectivity index (χ3v) is 4.03. The molecule has 21 heavy (non-hydrogen) atoms. The maximum absolute atomic E-state index is 6.21. The van der Waals surface area contributed by atoms with E-state index in [1.165, 1.54) is 0 Å². The van der Waals surface area contributed by atoms with E-state index in [0.717, 1.165) is 37.8 Å². The van der Waals surface area contributed by atoms with Gasteiger partial charge in [0.05, 0.1) is 5.52 Å². The molecule has 2 aromatic carbocycles. The van der Waals surface area contributed by atoms with Crippen LogP contribution in [0.1, 0.15) is 11.1 Å². The van der Waals surface area contributed by atoms with E-state index in [0.29, 0.717) is 6.54 Å². The van der Waals surface area contributed by atoms with Crippen molar-refractivity contribution in [1.29, 1.82) is 0 Å². The van der Waals surface area contributed by atoms with Gasteiger partial charge in [-0.25, -0.2) is 0 Å². The minimum Gasteiger partial charge on any atom is -0.381 e. The predicted molar refractivity (Wildman–Crippen MR) is 90.3 cm³/mol. The van der Waals surface area contributed by atoms with E-state index in [2.05, 4.69) is 17.2 Å². The van der Waals surface area contributed by atoms with Gasteiger partial charge in [-0.3, -0.25) is 4.98 Å². The Bertz CT molecular complexity index is 800. The third-order valence-electron chi connectivity index (χ3n) is 3.47. The topological polar surface area (TPSA) is 24.9 Å². The van der Waals surface area contributed by atoms with Crippen LogP contribution in [0.4, 0.5) is 5.69 Å². The van der Waals surface area contributed by atoms with Crippen LogP contribution in [0.15, 0.2) is 48.7 Å². The molecule has 0 aliphatic carbocycles. The van der Waals surface area contributed by atoms with Crippen LogP contribution in [0.2, 0.25) is 10.0 Å². The van der Waals surface area contributed by atoms with Crippen molar-refractivity contribution in [3.63, 3.8) is 0 Å². The Hall–Kier alpha value is -1.77. The molecule has 3 aromatic rings. The standard InChI is InChI=1S/C17H14Cl2N2/c1-11-4-6-13(18)9-16(11)21-10-12-5-7-15(19)14-3-2-8-20-17(12)14/h2-9,21H,10H2,1H3. The van der Waals surface area contributed by atoms with E-state index in [4.69, 9.17) is 23.2 Å². The molecule has 0 saturated heterocycles. The Balaban J connectivity index is 1.92. The summed E-state index contributed by atoms with van der Waals surface area (Å²) in [6.45, 7) is 2.72. The number of nitrogens with zero attached hydrogens (tertiary/aromatic N) is 1. The molecule has 4 heteroatoms. The molecule has 0 amide bonds. The highest BCUT2D eigenvalue weighted by atomic mass is 35.5. The number of hydrogen-bond donors (Lipinski definition) is 1. The molecule has 0 aliphatic heterocycles. The molecule has 1 N–H and O–H groups in total.